The van der Waals surface area contributed by atoms with Gasteiger partial charge in [0.2, 0.25) is 5.91 Å². The third kappa shape index (κ3) is 2.47. The lowest BCUT2D eigenvalue weighted by Gasteiger charge is -2.27. The molecule has 1 amide bonds. The Morgan fingerprint density at radius 3 is 2.60 bits per heavy atom. The molecule has 1 rings (SSSR count). The first-order valence-electron chi connectivity index (χ1n) is 5.19. The fourth-order valence-electron chi connectivity index (χ4n) is 2.01. The minimum absolute atomic E-state index is 0.0806. The number of carboxylic acid groups (broad SMARTS) is 1. The zero-order valence-corrected chi connectivity index (χ0v) is 9.14. The van der Waals surface area contributed by atoms with Crippen LogP contribution in [0.15, 0.2) is 0 Å². The highest BCUT2D eigenvalue weighted by atomic mass is 16.4. The van der Waals surface area contributed by atoms with E-state index in [0.717, 1.165) is 0 Å². The average molecular weight is 214 g/mol. The highest BCUT2D eigenvalue weighted by molar-refractivity contribution is 5.85. The number of hydrogen-bond acceptors (Lipinski definition) is 3. The lowest BCUT2D eigenvalue weighted by atomic mass is 10.0. The van der Waals surface area contributed by atoms with E-state index < -0.39 is 12.0 Å². The summed E-state index contributed by atoms with van der Waals surface area (Å²) < 4.78 is 0. The predicted molar refractivity (Wildman–Crippen MR) is 55.1 cm³/mol. The lowest BCUT2D eigenvalue weighted by molar-refractivity contribution is -0.150. The van der Waals surface area contributed by atoms with Crippen molar-refractivity contribution >= 4 is 11.9 Å². The van der Waals surface area contributed by atoms with E-state index in [1.807, 2.05) is 13.8 Å². The molecule has 1 heterocycles. The topological polar surface area (TPSA) is 83.6 Å². The molecule has 0 bridgehead atoms. The highest BCUT2D eigenvalue weighted by Crippen LogP contribution is 2.22. The smallest absolute Gasteiger partial charge is 0.326 e. The summed E-state index contributed by atoms with van der Waals surface area (Å²) in [6, 6.07) is -0.714. The molecule has 0 aliphatic carbocycles. The van der Waals surface area contributed by atoms with Crippen LogP contribution >= 0.6 is 0 Å². The number of rotatable bonds is 4. The van der Waals surface area contributed by atoms with Crippen LogP contribution in [0.3, 0.4) is 0 Å². The minimum atomic E-state index is -0.934. The number of likely N-dealkylation sites (tertiary alicyclic amines) is 1. The first-order chi connectivity index (χ1) is 6.97. The van der Waals surface area contributed by atoms with Gasteiger partial charge in [-0.3, -0.25) is 4.79 Å². The summed E-state index contributed by atoms with van der Waals surface area (Å²) in [5, 5.41) is 9.06. The molecule has 0 aromatic carbocycles. The van der Waals surface area contributed by atoms with Gasteiger partial charge in [0.1, 0.15) is 6.04 Å². The molecule has 1 saturated heterocycles. The van der Waals surface area contributed by atoms with Gasteiger partial charge in [0.15, 0.2) is 0 Å². The maximum atomic E-state index is 11.6. The number of aliphatic carboxylic acids is 1. The molecule has 1 aliphatic heterocycles. The van der Waals surface area contributed by atoms with Gasteiger partial charge in [-0.1, -0.05) is 13.8 Å². The molecule has 0 saturated carbocycles. The number of carboxylic acids is 1. The maximum absolute atomic E-state index is 11.6. The van der Waals surface area contributed by atoms with Crippen molar-refractivity contribution in [1.29, 1.82) is 0 Å². The van der Waals surface area contributed by atoms with Crippen LogP contribution < -0.4 is 5.73 Å². The molecule has 2 atom stereocenters. The SMILES string of the molecule is CC(C)C(C(=O)O)N1CC(CN)CC1=O. The van der Waals surface area contributed by atoms with Gasteiger partial charge in [0.25, 0.3) is 0 Å². The largest absolute Gasteiger partial charge is 0.480 e. The molecule has 86 valence electrons. The van der Waals surface area contributed by atoms with E-state index in [1.54, 1.807) is 0 Å². The first kappa shape index (κ1) is 12.0. The van der Waals surface area contributed by atoms with Gasteiger partial charge in [-0.15, -0.1) is 0 Å². The molecule has 0 aromatic rings. The van der Waals surface area contributed by atoms with Gasteiger partial charge in [-0.2, -0.15) is 0 Å². The molecule has 1 fully saturated rings. The molecular formula is C10H18N2O3. The Hall–Kier alpha value is -1.10. The number of amides is 1. The van der Waals surface area contributed by atoms with Crippen molar-refractivity contribution in [2.24, 2.45) is 17.6 Å². The summed E-state index contributed by atoms with van der Waals surface area (Å²) in [7, 11) is 0. The van der Waals surface area contributed by atoms with Crippen molar-refractivity contribution in [3.63, 3.8) is 0 Å². The molecule has 1 aliphatic rings. The summed E-state index contributed by atoms with van der Waals surface area (Å²) in [5.74, 6) is -0.997. The Morgan fingerprint density at radius 2 is 2.27 bits per heavy atom. The van der Waals surface area contributed by atoms with Crippen LogP contribution in [0, 0.1) is 11.8 Å². The quantitative estimate of drug-likeness (QED) is 0.684. The minimum Gasteiger partial charge on any atom is -0.480 e. The average Bonchev–Trinajstić information content (AvgIpc) is 2.46. The number of hydrogen-bond donors (Lipinski definition) is 2. The Bertz CT molecular complexity index is 265. The van der Waals surface area contributed by atoms with Gasteiger partial charge in [0, 0.05) is 13.0 Å². The second-order valence-corrected chi connectivity index (χ2v) is 4.38. The van der Waals surface area contributed by atoms with Gasteiger partial charge in [-0.05, 0) is 18.4 Å². The fraction of sp³-hybridized carbons (Fsp3) is 0.800. The van der Waals surface area contributed by atoms with Crippen molar-refractivity contribution in [1.82, 2.24) is 4.90 Å². The highest BCUT2D eigenvalue weighted by Gasteiger charge is 2.38. The van der Waals surface area contributed by atoms with Crippen LogP contribution in [0.25, 0.3) is 0 Å². The first-order valence-corrected chi connectivity index (χ1v) is 5.19. The summed E-state index contributed by atoms with van der Waals surface area (Å²) in [6.45, 7) is 4.53. The zero-order chi connectivity index (χ0) is 11.6. The van der Waals surface area contributed by atoms with Crippen molar-refractivity contribution in [2.75, 3.05) is 13.1 Å². The van der Waals surface area contributed by atoms with Crippen molar-refractivity contribution < 1.29 is 14.7 Å². The maximum Gasteiger partial charge on any atom is 0.326 e. The monoisotopic (exact) mass is 214 g/mol. The van der Waals surface area contributed by atoms with Crippen LogP contribution in [-0.2, 0) is 9.59 Å². The van der Waals surface area contributed by atoms with Crippen LogP contribution in [0.4, 0.5) is 0 Å². The number of nitrogens with two attached hydrogens (primary N) is 1. The molecule has 0 radical (unpaired) electrons. The summed E-state index contributed by atoms with van der Waals surface area (Å²) in [6.07, 6.45) is 0.382. The van der Waals surface area contributed by atoms with E-state index in [9.17, 15) is 9.59 Å². The third-order valence-corrected chi connectivity index (χ3v) is 2.79. The Morgan fingerprint density at radius 1 is 1.67 bits per heavy atom. The van der Waals surface area contributed by atoms with Gasteiger partial charge >= 0.3 is 5.97 Å². The van der Waals surface area contributed by atoms with Crippen molar-refractivity contribution in [2.45, 2.75) is 26.3 Å². The molecule has 15 heavy (non-hydrogen) atoms. The number of carbonyl (C=O) groups is 2. The Kier molecular flexibility index (Phi) is 3.68. The zero-order valence-electron chi connectivity index (χ0n) is 9.14. The van der Waals surface area contributed by atoms with E-state index in [0.29, 0.717) is 19.5 Å². The third-order valence-electron chi connectivity index (χ3n) is 2.79. The predicted octanol–water partition coefficient (Wildman–Crippen LogP) is -0.0972. The summed E-state index contributed by atoms with van der Waals surface area (Å²) in [5.41, 5.74) is 5.48. The van der Waals surface area contributed by atoms with Crippen LogP contribution in [0.5, 0.6) is 0 Å². The number of carbonyl (C=O) groups excluding carboxylic acids is 1. The van der Waals surface area contributed by atoms with Gasteiger partial charge < -0.3 is 15.7 Å². The summed E-state index contributed by atoms with van der Waals surface area (Å²) >= 11 is 0. The number of nitrogens with zero attached hydrogens (tertiary/aromatic N) is 1. The van der Waals surface area contributed by atoms with Gasteiger partial charge in [0.05, 0.1) is 0 Å². The summed E-state index contributed by atoms with van der Waals surface area (Å²) in [4.78, 5) is 24.1. The van der Waals surface area contributed by atoms with Crippen LogP contribution in [-0.4, -0.2) is 41.0 Å². The lowest BCUT2D eigenvalue weighted by Crippen LogP contribution is -2.45. The van der Waals surface area contributed by atoms with Crippen LogP contribution in [0.1, 0.15) is 20.3 Å². The van der Waals surface area contributed by atoms with E-state index in [1.165, 1.54) is 4.90 Å². The van der Waals surface area contributed by atoms with Crippen LogP contribution in [0.2, 0.25) is 0 Å². The normalized spacial score (nSPS) is 23.6. The molecule has 0 spiro atoms. The van der Waals surface area contributed by atoms with Crippen molar-refractivity contribution in [3.05, 3.63) is 0 Å². The van der Waals surface area contributed by atoms with Gasteiger partial charge in [-0.25, -0.2) is 4.79 Å². The van der Waals surface area contributed by atoms with E-state index in [2.05, 4.69) is 0 Å². The second-order valence-electron chi connectivity index (χ2n) is 4.38. The molecule has 5 nitrogen and oxygen atoms in total. The second kappa shape index (κ2) is 4.61. The fourth-order valence-corrected chi connectivity index (χ4v) is 2.01. The Labute approximate surface area is 89.2 Å². The molecular weight excluding hydrogens is 196 g/mol. The molecule has 5 heteroatoms. The van der Waals surface area contributed by atoms with Crippen molar-refractivity contribution in [3.8, 4) is 0 Å². The van der Waals surface area contributed by atoms with E-state index in [-0.39, 0.29) is 17.7 Å². The van der Waals surface area contributed by atoms with E-state index in [4.69, 9.17) is 10.8 Å². The molecule has 0 aromatic heterocycles. The Balaban J connectivity index is 2.77. The molecule has 3 N–H and O–H groups in total. The molecule has 2 unspecified atom stereocenters. The standard InChI is InChI=1S/C10H18N2O3/c1-6(2)9(10(14)15)12-5-7(4-11)3-8(12)13/h6-7,9H,3-5,11H2,1-2H3,(H,14,15). The van der Waals surface area contributed by atoms with E-state index >= 15 is 0 Å².